The Morgan fingerprint density at radius 2 is 1.79 bits per heavy atom. The Kier molecular flexibility index (Phi) is 6.66. The summed E-state index contributed by atoms with van der Waals surface area (Å²) in [4.78, 5) is 8.20. The molecule has 2 aromatic rings. The van der Waals surface area contributed by atoms with Crippen molar-refractivity contribution in [3.05, 3.63) is 65.0 Å². The highest BCUT2D eigenvalue weighted by molar-refractivity contribution is 5.79. The van der Waals surface area contributed by atoms with Crippen molar-refractivity contribution in [1.29, 1.82) is 0 Å². The highest BCUT2D eigenvalue weighted by Gasteiger charge is 2.05. The molecule has 0 amide bonds. The first-order valence-corrected chi connectivity index (χ1v) is 7.88. The van der Waals surface area contributed by atoms with E-state index < -0.39 is 11.6 Å². The summed E-state index contributed by atoms with van der Waals surface area (Å²) in [7, 11) is 1.68. The molecule has 2 N–H and O–H groups in total. The molecule has 1 heterocycles. The van der Waals surface area contributed by atoms with Crippen LogP contribution in [0.4, 0.5) is 8.78 Å². The maximum Gasteiger partial charge on any atom is 0.190 e. The average Bonchev–Trinajstić information content (AvgIpc) is 2.58. The number of aromatic nitrogens is 1. The fourth-order valence-electron chi connectivity index (χ4n) is 2.37. The Bertz CT molecular complexity index is 701. The summed E-state index contributed by atoms with van der Waals surface area (Å²) in [6.45, 7) is 3.22. The molecule has 2 rings (SSSR count). The topological polar surface area (TPSA) is 49.3 Å². The van der Waals surface area contributed by atoms with E-state index in [2.05, 4.69) is 20.6 Å². The van der Waals surface area contributed by atoms with Crippen LogP contribution in [0, 0.1) is 18.6 Å². The standard InChI is InChI=1S/C18H22F2N4/c1-13-12-22-8-5-14(13)6-9-23-18(21-2)24-10-7-15-11-16(19)3-4-17(15)20/h3-5,8,11-12H,6-7,9-10H2,1-2H3,(H2,21,23,24). The molecule has 0 aliphatic heterocycles. The van der Waals surface area contributed by atoms with E-state index in [0.29, 0.717) is 24.5 Å². The van der Waals surface area contributed by atoms with Crippen molar-refractivity contribution >= 4 is 5.96 Å². The van der Waals surface area contributed by atoms with Crippen molar-refractivity contribution in [2.45, 2.75) is 19.8 Å². The third-order valence-electron chi connectivity index (χ3n) is 3.74. The van der Waals surface area contributed by atoms with E-state index >= 15 is 0 Å². The number of hydrogen-bond donors (Lipinski definition) is 2. The lowest BCUT2D eigenvalue weighted by atomic mass is 10.1. The molecule has 0 unspecified atom stereocenters. The van der Waals surface area contributed by atoms with Crippen molar-refractivity contribution in [2.75, 3.05) is 20.1 Å². The minimum absolute atomic E-state index is 0.352. The lowest BCUT2D eigenvalue weighted by Gasteiger charge is -2.12. The summed E-state index contributed by atoms with van der Waals surface area (Å²) in [6, 6.07) is 5.49. The summed E-state index contributed by atoms with van der Waals surface area (Å²) in [5, 5.41) is 6.31. The Labute approximate surface area is 141 Å². The van der Waals surface area contributed by atoms with Gasteiger partial charge in [-0.05, 0) is 60.7 Å². The number of nitrogens with zero attached hydrogens (tertiary/aromatic N) is 2. The van der Waals surface area contributed by atoms with E-state index in [-0.39, 0.29) is 0 Å². The van der Waals surface area contributed by atoms with E-state index in [1.807, 2.05) is 19.2 Å². The molecule has 4 nitrogen and oxygen atoms in total. The molecule has 1 aromatic heterocycles. The lowest BCUT2D eigenvalue weighted by molar-refractivity contribution is 0.583. The van der Waals surface area contributed by atoms with Crippen molar-refractivity contribution in [2.24, 2.45) is 4.99 Å². The second kappa shape index (κ2) is 8.96. The molecule has 128 valence electrons. The van der Waals surface area contributed by atoms with Gasteiger partial charge in [-0.3, -0.25) is 9.98 Å². The van der Waals surface area contributed by atoms with E-state index in [1.165, 1.54) is 11.6 Å². The zero-order valence-electron chi connectivity index (χ0n) is 13.9. The Morgan fingerprint density at radius 1 is 1.08 bits per heavy atom. The van der Waals surface area contributed by atoms with Crippen LogP contribution in [0.1, 0.15) is 16.7 Å². The van der Waals surface area contributed by atoms with Crippen LogP contribution in [0.25, 0.3) is 0 Å². The normalized spacial score (nSPS) is 11.4. The zero-order valence-corrected chi connectivity index (χ0v) is 13.9. The first-order chi connectivity index (χ1) is 11.6. The SMILES string of the molecule is CN=C(NCCc1ccncc1C)NCCc1cc(F)ccc1F. The second-order valence-electron chi connectivity index (χ2n) is 5.46. The summed E-state index contributed by atoms with van der Waals surface area (Å²) < 4.78 is 26.7. The van der Waals surface area contributed by atoms with Crippen LogP contribution in [0.5, 0.6) is 0 Å². The van der Waals surface area contributed by atoms with E-state index in [0.717, 1.165) is 30.7 Å². The van der Waals surface area contributed by atoms with Gasteiger partial charge in [-0.25, -0.2) is 8.78 Å². The minimum atomic E-state index is -0.429. The van der Waals surface area contributed by atoms with E-state index in [9.17, 15) is 8.78 Å². The largest absolute Gasteiger partial charge is 0.356 e. The maximum absolute atomic E-state index is 13.6. The molecule has 6 heteroatoms. The summed E-state index contributed by atoms with van der Waals surface area (Å²) >= 11 is 0. The van der Waals surface area contributed by atoms with Gasteiger partial charge in [0.25, 0.3) is 0 Å². The van der Waals surface area contributed by atoms with Gasteiger partial charge < -0.3 is 10.6 Å². The number of benzene rings is 1. The second-order valence-corrected chi connectivity index (χ2v) is 5.46. The number of aryl methyl sites for hydroxylation is 1. The molecule has 0 saturated heterocycles. The Hall–Kier alpha value is -2.50. The molecular formula is C18H22F2N4. The average molecular weight is 332 g/mol. The zero-order chi connectivity index (χ0) is 17.4. The predicted octanol–water partition coefficient (Wildman–Crippen LogP) is 2.62. The summed E-state index contributed by atoms with van der Waals surface area (Å²) in [5.74, 6) is -0.186. The fraction of sp³-hybridized carbons (Fsp3) is 0.333. The summed E-state index contributed by atoms with van der Waals surface area (Å²) in [6.07, 6.45) is 4.86. The van der Waals surface area contributed by atoms with Gasteiger partial charge in [0.15, 0.2) is 5.96 Å². The maximum atomic E-state index is 13.6. The molecule has 0 fully saturated rings. The van der Waals surface area contributed by atoms with Crippen LogP contribution in [0.2, 0.25) is 0 Å². The van der Waals surface area contributed by atoms with Gasteiger partial charge in [0.1, 0.15) is 11.6 Å². The number of aliphatic imine (C=N–C) groups is 1. The number of hydrogen-bond acceptors (Lipinski definition) is 2. The van der Waals surface area contributed by atoms with Crippen LogP contribution in [0.3, 0.4) is 0 Å². The van der Waals surface area contributed by atoms with Gasteiger partial charge in [0.2, 0.25) is 0 Å². The predicted molar refractivity (Wildman–Crippen MR) is 92.1 cm³/mol. The van der Waals surface area contributed by atoms with Gasteiger partial charge in [-0.15, -0.1) is 0 Å². The van der Waals surface area contributed by atoms with Gasteiger partial charge in [0.05, 0.1) is 0 Å². The molecule has 24 heavy (non-hydrogen) atoms. The Balaban J connectivity index is 1.76. The smallest absolute Gasteiger partial charge is 0.190 e. The molecule has 0 aliphatic rings. The molecule has 0 bridgehead atoms. The summed E-state index contributed by atoms with van der Waals surface area (Å²) in [5.41, 5.74) is 2.74. The quantitative estimate of drug-likeness (QED) is 0.631. The van der Waals surface area contributed by atoms with Crippen molar-refractivity contribution in [3.63, 3.8) is 0 Å². The third kappa shape index (κ3) is 5.30. The van der Waals surface area contributed by atoms with Crippen molar-refractivity contribution < 1.29 is 8.78 Å². The van der Waals surface area contributed by atoms with Crippen LogP contribution < -0.4 is 10.6 Å². The lowest BCUT2D eigenvalue weighted by Crippen LogP contribution is -2.39. The van der Waals surface area contributed by atoms with E-state index in [1.54, 1.807) is 13.2 Å². The van der Waals surface area contributed by atoms with Crippen molar-refractivity contribution in [1.82, 2.24) is 15.6 Å². The van der Waals surface area contributed by atoms with Gasteiger partial charge >= 0.3 is 0 Å². The molecule has 0 radical (unpaired) electrons. The highest BCUT2D eigenvalue weighted by Crippen LogP contribution is 2.09. The molecule has 0 spiro atoms. The van der Waals surface area contributed by atoms with Gasteiger partial charge in [-0.2, -0.15) is 0 Å². The number of halogens is 2. The first-order valence-electron chi connectivity index (χ1n) is 7.88. The minimum Gasteiger partial charge on any atom is -0.356 e. The van der Waals surface area contributed by atoms with Crippen LogP contribution >= 0.6 is 0 Å². The van der Waals surface area contributed by atoms with Gasteiger partial charge in [-0.1, -0.05) is 0 Å². The first kappa shape index (κ1) is 17.8. The van der Waals surface area contributed by atoms with Gasteiger partial charge in [0, 0.05) is 32.5 Å². The fourth-order valence-corrected chi connectivity index (χ4v) is 2.37. The molecule has 1 aromatic carbocycles. The number of rotatable bonds is 6. The number of nitrogens with one attached hydrogen (secondary N) is 2. The molecule has 0 atom stereocenters. The molecular weight excluding hydrogens is 310 g/mol. The highest BCUT2D eigenvalue weighted by atomic mass is 19.1. The van der Waals surface area contributed by atoms with Crippen LogP contribution in [-0.2, 0) is 12.8 Å². The Morgan fingerprint density at radius 3 is 2.46 bits per heavy atom. The third-order valence-corrected chi connectivity index (χ3v) is 3.74. The van der Waals surface area contributed by atoms with E-state index in [4.69, 9.17) is 0 Å². The van der Waals surface area contributed by atoms with Crippen LogP contribution in [-0.4, -0.2) is 31.1 Å². The molecule has 0 saturated carbocycles. The number of pyridine rings is 1. The number of guanidine groups is 1. The molecule has 0 aliphatic carbocycles. The van der Waals surface area contributed by atoms with Crippen molar-refractivity contribution in [3.8, 4) is 0 Å². The monoisotopic (exact) mass is 332 g/mol. The van der Waals surface area contributed by atoms with Crippen LogP contribution in [0.15, 0.2) is 41.7 Å².